The van der Waals surface area contributed by atoms with Gasteiger partial charge in [-0.1, -0.05) is 24.3 Å². The summed E-state index contributed by atoms with van der Waals surface area (Å²) in [6.07, 6.45) is 0. The van der Waals surface area contributed by atoms with E-state index in [2.05, 4.69) is 5.10 Å². The fourth-order valence-electron chi connectivity index (χ4n) is 2.20. The lowest BCUT2D eigenvalue weighted by atomic mass is 9.98. The molecule has 1 heterocycles. The Kier molecular flexibility index (Phi) is 2.85. The first-order chi connectivity index (χ1) is 13.3. The van der Waals surface area contributed by atoms with E-state index in [0.29, 0.717) is 15.8 Å². The molecule has 1 unspecified atom stereocenters. The van der Waals surface area contributed by atoms with Gasteiger partial charge in [0.15, 0.2) is 0 Å². The first-order valence-corrected chi connectivity index (χ1v) is 6.79. The maximum atomic E-state index is 11.7. The number of hydrogen-bond donors (Lipinski definition) is 1. The summed E-state index contributed by atoms with van der Waals surface area (Å²) in [6, 6.07) is 6.29. The number of esters is 1. The van der Waals surface area contributed by atoms with E-state index in [1.165, 1.54) is 7.11 Å². The van der Waals surface area contributed by atoms with E-state index in [4.69, 9.17) is 18.7 Å². The number of ether oxygens (including phenoxy) is 1. The number of rotatable bonds is 4. The highest BCUT2D eigenvalue weighted by Gasteiger charge is 2.20. The van der Waals surface area contributed by atoms with E-state index in [-0.39, 0.29) is 17.1 Å². The molecular weight excluding hydrogens is 292 g/mol. The molecule has 2 rings (SSSR count). The SMILES string of the molecule is [2H]C([2H])([2H])C(n1nc(-c2ccc(C(C)C(=O)OC)cc2)c(C#N)c1N)C([2H])([2H])[2H]. The number of aromatic nitrogens is 2. The van der Waals surface area contributed by atoms with Crippen LogP contribution < -0.4 is 5.73 Å². The van der Waals surface area contributed by atoms with Crippen LogP contribution in [0.4, 0.5) is 5.82 Å². The van der Waals surface area contributed by atoms with Gasteiger partial charge in [-0.3, -0.25) is 4.79 Å². The molecule has 0 amide bonds. The molecule has 2 aromatic rings. The van der Waals surface area contributed by atoms with Gasteiger partial charge >= 0.3 is 5.97 Å². The predicted octanol–water partition coefficient (Wildman–Crippen LogP) is 2.86. The Morgan fingerprint density at radius 2 is 2.09 bits per heavy atom. The van der Waals surface area contributed by atoms with Crippen LogP contribution in [0.2, 0.25) is 0 Å². The van der Waals surface area contributed by atoms with Crippen molar-refractivity contribution in [3.05, 3.63) is 35.4 Å². The molecule has 0 aliphatic carbocycles. The zero-order chi connectivity index (χ0) is 22.1. The van der Waals surface area contributed by atoms with Gasteiger partial charge in [-0.2, -0.15) is 10.4 Å². The van der Waals surface area contributed by atoms with Gasteiger partial charge < -0.3 is 10.5 Å². The molecule has 0 aliphatic rings. The number of hydrogen-bond acceptors (Lipinski definition) is 5. The van der Waals surface area contributed by atoms with Gasteiger partial charge in [0, 0.05) is 19.8 Å². The molecule has 0 saturated carbocycles. The van der Waals surface area contributed by atoms with Crippen LogP contribution in [0.3, 0.4) is 0 Å². The van der Waals surface area contributed by atoms with Crippen molar-refractivity contribution in [3.8, 4) is 17.3 Å². The summed E-state index contributed by atoms with van der Waals surface area (Å²) < 4.78 is 50.9. The van der Waals surface area contributed by atoms with Gasteiger partial charge in [0.25, 0.3) is 0 Å². The van der Waals surface area contributed by atoms with Gasteiger partial charge in [-0.25, -0.2) is 4.68 Å². The fourth-order valence-corrected chi connectivity index (χ4v) is 2.20. The number of carbonyl (C=O) groups is 1. The van der Waals surface area contributed by atoms with Gasteiger partial charge in [-0.15, -0.1) is 0 Å². The standard InChI is InChI=1S/C17H20N4O2/c1-10(2)21-16(19)14(9-18)15(20-21)13-7-5-12(6-8-13)11(3)17(22)23-4/h5-8,10-11H,19H2,1-4H3/i1D3,2D3. The zero-order valence-electron chi connectivity index (χ0n) is 18.7. The van der Waals surface area contributed by atoms with Gasteiger partial charge in [0.1, 0.15) is 23.1 Å². The molecule has 0 aliphatic heterocycles. The number of methoxy groups -OCH3 is 1. The lowest BCUT2D eigenvalue weighted by Gasteiger charge is -2.09. The fraction of sp³-hybridized carbons (Fsp3) is 0.353. The monoisotopic (exact) mass is 318 g/mol. The van der Waals surface area contributed by atoms with Gasteiger partial charge in [0.2, 0.25) is 0 Å². The summed E-state index contributed by atoms with van der Waals surface area (Å²) in [5.74, 6) is -1.27. The van der Waals surface area contributed by atoms with Crippen molar-refractivity contribution in [2.75, 3.05) is 12.8 Å². The number of carbonyl (C=O) groups excluding carboxylic acids is 1. The minimum absolute atomic E-state index is 0.0563. The lowest BCUT2D eigenvalue weighted by Crippen LogP contribution is -2.10. The van der Waals surface area contributed by atoms with Crippen LogP contribution in [0.15, 0.2) is 24.3 Å². The highest BCUT2D eigenvalue weighted by atomic mass is 16.5. The van der Waals surface area contributed by atoms with Crippen LogP contribution in [0.1, 0.15) is 51.9 Å². The number of nitrogen functional groups attached to an aromatic ring is 1. The van der Waals surface area contributed by atoms with Crippen molar-refractivity contribution in [3.63, 3.8) is 0 Å². The summed E-state index contributed by atoms with van der Waals surface area (Å²) in [4.78, 5) is 11.7. The molecule has 0 bridgehead atoms. The Hall–Kier alpha value is -2.81. The molecule has 0 fully saturated rings. The highest BCUT2D eigenvalue weighted by molar-refractivity contribution is 5.78. The molecule has 1 aromatic carbocycles. The van der Waals surface area contributed by atoms with Crippen molar-refractivity contribution < 1.29 is 17.8 Å². The number of benzene rings is 1. The van der Waals surface area contributed by atoms with E-state index in [1.54, 1.807) is 31.2 Å². The average Bonchev–Trinajstić information content (AvgIpc) is 2.94. The Morgan fingerprint density at radius 1 is 1.43 bits per heavy atom. The Morgan fingerprint density at radius 3 is 2.61 bits per heavy atom. The van der Waals surface area contributed by atoms with Crippen molar-refractivity contribution in [1.82, 2.24) is 9.78 Å². The largest absolute Gasteiger partial charge is 0.469 e. The van der Waals surface area contributed by atoms with Gasteiger partial charge in [0.05, 0.1) is 13.0 Å². The number of nitrogens with two attached hydrogens (primary N) is 1. The summed E-state index contributed by atoms with van der Waals surface area (Å²) >= 11 is 0. The van der Waals surface area contributed by atoms with Crippen molar-refractivity contribution in [2.45, 2.75) is 32.6 Å². The topological polar surface area (TPSA) is 93.9 Å². The maximum absolute atomic E-state index is 11.7. The molecule has 2 N–H and O–H groups in total. The molecular formula is C17H20N4O2. The second kappa shape index (κ2) is 6.53. The van der Waals surface area contributed by atoms with Gasteiger partial charge in [-0.05, 0) is 26.2 Å². The second-order valence-electron chi connectivity index (χ2n) is 4.93. The maximum Gasteiger partial charge on any atom is 0.312 e. The number of nitriles is 1. The summed E-state index contributed by atoms with van der Waals surface area (Å²) in [5.41, 5.74) is 6.91. The molecule has 120 valence electrons. The summed E-state index contributed by atoms with van der Waals surface area (Å²) in [6.45, 7) is -4.17. The Labute approximate surface area is 143 Å². The first kappa shape index (κ1) is 10.1. The second-order valence-corrected chi connectivity index (χ2v) is 4.93. The van der Waals surface area contributed by atoms with Crippen LogP contribution in [0.5, 0.6) is 0 Å². The van der Waals surface area contributed by atoms with Crippen LogP contribution in [-0.4, -0.2) is 22.9 Å². The molecule has 1 aromatic heterocycles. The molecule has 1 atom stereocenters. The minimum atomic E-state index is -2.92. The lowest BCUT2D eigenvalue weighted by molar-refractivity contribution is -0.141. The Bertz CT molecular complexity index is 927. The van der Waals surface area contributed by atoms with E-state index >= 15 is 0 Å². The molecule has 23 heavy (non-hydrogen) atoms. The molecule has 0 radical (unpaired) electrons. The zero-order valence-corrected chi connectivity index (χ0v) is 12.7. The van der Waals surface area contributed by atoms with Crippen LogP contribution in [0, 0.1) is 11.3 Å². The first-order valence-electron chi connectivity index (χ1n) is 9.79. The third kappa shape index (κ3) is 3.04. The van der Waals surface area contributed by atoms with E-state index < -0.39 is 31.6 Å². The smallest absolute Gasteiger partial charge is 0.312 e. The third-order valence-corrected chi connectivity index (χ3v) is 3.54. The molecule has 6 heteroatoms. The average molecular weight is 318 g/mol. The quantitative estimate of drug-likeness (QED) is 0.875. The Balaban J connectivity index is 2.57. The van der Waals surface area contributed by atoms with Crippen molar-refractivity contribution >= 4 is 11.8 Å². The molecule has 0 spiro atoms. The van der Waals surface area contributed by atoms with Crippen molar-refractivity contribution in [1.29, 1.82) is 5.26 Å². The van der Waals surface area contributed by atoms with Crippen molar-refractivity contribution in [2.24, 2.45) is 0 Å². The molecule has 6 nitrogen and oxygen atoms in total. The normalized spacial score (nSPS) is 17.0. The third-order valence-electron chi connectivity index (χ3n) is 3.54. The predicted molar refractivity (Wildman–Crippen MR) is 87.6 cm³/mol. The van der Waals surface area contributed by atoms with Crippen LogP contribution in [-0.2, 0) is 9.53 Å². The summed E-state index contributed by atoms with van der Waals surface area (Å²) in [5, 5.41) is 13.6. The minimum Gasteiger partial charge on any atom is -0.469 e. The number of nitrogens with zero attached hydrogens (tertiary/aromatic N) is 3. The van der Waals surface area contributed by atoms with E-state index in [0.717, 1.165) is 0 Å². The van der Waals surface area contributed by atoms with E-state index in [9.17, 15) is 10.1 Å². The van der Waals surface area contributed by atoms with E-state index in [1.807, 2.05) is 6.07 Å². The molecule has 0 saturated heterocycles. The highest BCUT2D eigenvalue weighted by Crippen LogP contribution is 2.29. The van der Waals surface area contributed by atoms with Crippen LogP contribution in [0.25, 0.3) is 11.3 Å². The van der Waals surface area contributed by atoms with Crippen LogP contribution >= 0.6 is 0 Å². The summed E-state index contributed by atoms with van der Waals surface area (Å²) in [7, 11) is 1.29. The number of anilines is 1.